The molecule has 1 aliphatic heterocycles. The number of hydrogen-bond donors (Lipinski definition) is 0. The lowest BCUT2D eigenvalue weighted by molar-refractivity contribution is 0.342. The average molecular weight is 371 g/mol. The molecule has 1 aromatic rings. The Morgan fingerprint density at radius 2 is 1.90 bits per heavy atom. The van der Waals surface area contributed by atoms with Gasteiger partial charge in [-0.15, -0.1) is 11.6 Å². The third-order valence-corrected chi connectivity index (χ3v) is 6.94. The van der Waals surface area contributed by atoms with Crippen molar-refractivity contribution in [2.24, 2.45) is 0 Å². The van der Waals surface area contributed by atoms with Gasteiger partial charge in [0.05, 0.1) is 5.02 Å². The van der Waals surface area contributed by atoms with Crippen molar-refractivity contribution in [3.63, 3.8) is 0 Å². The summed E-state index contributed by atoms with van der Waals surface area (Å²) in [7, 11) is -3.63. The highest BCUT2D eigenvalue weighted by Crippen LogP contribution is 2.33. The van der Waals surface area contributed by atoms with Crippen molar-refractivity contribution < 1.29 is 8.42 Å². The molecule has 1 aromatic carbocycles. The van der Waals surface area contributed by atoms with E-state index in [1.165, 1.54) is 12.1 Å². The van der Waals surface area contributed by atoms with Crippen LogP contribution in [0.4, 0.5) is 0 Å². The van der Waals surface area contributed by atoms with Crippen LogP contribution in [0.1, 0.15) is 38.2 Å². The monoisotopic (exact) mass is 369 g/mol. The third kappa shape index (κ3) is 3.67. The molecular weight excluding hydrogens is 353 g/mol. The van der Waals surface area contributed by atoms with Gasteiger partial charge in [-0.3, -0.25) is 0 Å². The van der Waals surface area contributed by atoms with Crippen molar-refractivity contribution in [3.05, 3.63) is 27.7 Å². The van der Waals surface area contributed by atoms with E-state index in [9.17, 15) is 8.42 Å². The first kappa shape index (κ1) is 17.4. The minimum atomic E-state index is -3.63. The molecule has 0 spiro atoms. The Hall–Kier alpha value is -0.000000000000000111. The maximum absolute atomic E-state index is 12.9. The van der Waals surface area contributed by atoms with E-state index in [2.05, 4.69) is 0 Å². The fourth-order valence-corrected chi connectivity index (χ4v) is 5.43. The van der Waals surface area contributed by atoms with Crippen LogP contribution in [0.2, 0.25) is 10.0 Å². The number of sulfonamides is 1. The summed E-state index contributed by atoms with van der Waals surface area (Å²) in [6.07, 6.45) is 3.84. The molecule has 7 heteroatoms. The molecular formula is C14H18Cl3NO2S. The van der Waals surface area contributed by atoms with Gasteiger partial charge in [0, 0.05) is 23.5 Å². The van der Waals surface area contributed by atoms with Crippen LogP contribution in [0.15, 0.2) is 17.0 Å². The smallest absolute Gasteiger partial charge is 0.207 e. The normalized spacial score (nSPS) is 21.2. The second-order valence-electron chi connectivity index (χ2n) is 5.32. The van der Waals surface area contributed by atoms with Crippen molar-refractivity contribution in [2.75, 3.05) is 6.54 Å². The maximum atomic E-state index is 12.9. The number of hydrogen-bond acceptors (Lipinski definition) is 2. The van der Waals surface area contributed by atoms with Gasteiger partial charge in [0.25, 0.3) is 0 Å². The average Bonchev–Trinajstić information content (AvgIpc) is 2.63. The molecule has 2 rings (SSSR count). The lowest BCUT2D eigenvalue weighted by Crippen LogP contribution is -2.38. The van der Waals surface area contributed by atoms with Crippen molar-refractivity contribution in [1.82, 2.24) is 4.31 Å². The predicted octanol–water partition coefficient (Wildman–Crippen LogP) is 4.69. The van der Waals surface area contributed by atoms with Crippen LogP contribution < -0.4 is 0 Å². The summed E-state index contributed by atoms with van der Waals surface area (Å²) in [4.78, 5) is 0.0953. The van der Waals surface area contributed by atoms with E-state index >= 15 is 0 Å². The minimum Gasteiger partial charge on any atom is -0.207 e. The summed E-state index contributed by atoms with van der Waals surface area (Å²) >= 11 is 17.9. The number of nitrogens with zero attached hydrogens (tertiary/aromatic N) is 1. The Balaban J connectivity index is 2.47. The van der Waals surface area contributed by atoms with Gasteiger partial charge in [0.1, 0.15) is 4.90 Å². The fourth-order valence-electron chi connectivity index (χ4n) is 2.60. The molecule has 1 aliphatic rings. The molecule has 1 unspecified atom stereocenters. The lowest BCUT2D eigenvalue weighted by Gasteiger charge is -2.27. The summed E-state index contributed by atoms with van der Waals surface area (Å²) < 4.78 is 27.4. The van der Waals surface area contributed by atoms with E-state index in [-0.39, 0.29) is 21.8 Å². The van der Waals surface area contributed by atoms with E-state index < -0.39 is 10.0 Å². The molecule has 1 fully saturated rings. The largest absolute Gasteiger partial charge is 0.244 e. The van der Waals surface area contributed by atoms with E-state index in [0.717, 1.165) is 25.7 Å². The lowest BCUT2D eigenvalue weighted by atomic mass is 10.1. The van der Waals surface area contributed by atoms with Gasteiger partial charge in [-0.2, -0.15) is 4.31 Å². The SMILES string of the molecule is CC1CCCCCN1S(=O)(=O)c1cc(CCl)c(Cl)cc1Cl. The van der Waals surface area contributed by atoms with Crippen LogP contribution in [-0.2, 0) is 15.9 Å². The Morgan fingerprint density at radius 1 is 1.19 bits per heavy atom. The number of rotatable bonds is 3. The van der Waals surface area contributed by atoms with Crippen LogP contribution >= 0.6 is 34.8 Å². The Kier molecular flexibility index (Phi) is 5.83. The molecule has 1 heterocycles. The second kappa shape index (κ2) is 7.05. The highest BCUT2D eigenvalue weighted by molar-refractivity contribution is 7.89. The van der Waals surface area contributed by atoms with E-state index in [1.54, 1.807) is 4.31 Å². The van der Waals surface area contributed by atoms with Crippen LogP contribution in [0.3, 0.4) is 0 Å². The maximum Gasteiger partial charge on any atom is 0.244 e. The standard InChI is InChI=1S/C14H18Cl3NO2S/c1-10-5-3-2-4-6-18(10)21(19,20)14-7-11(9-15)12(16)8-13(14)17/h7-8,10H,2-6,9H2,1H3. The molecule has 0 saturated carbocycles. The van der Waals surface area contributed by atoms with Crippen LogP contribution in [0.25, 0.3) is 0 Å². The molecule has 0 aliphatic carbocycles. The quantitative estimate of drug-likeness (QED) is 0.724. The Bertz CT molecular complexity index is 619. The van der Waals surface area contributed by atoms with Crippen molar-refractivity contribution in [1.29, 1.82) is 0 Å². The molecule has 1 saturated heterocycles. The van der Waals surface area contributed by atoms with Gasteiger partial charge in [-0.1, -0.05) is 36.0 Å². The first-order chi connectivity index (χ1) is 9.87. The van der Waals surface area contributed by atoms with Gasteiger partial charge in [0.2, 0.25) is 10.0 Å². The topological polar surface area (TPSA) is 37.4 Å². The van der Waals surface area contributed by atoms with Gasteiger partial charge in [-0.05, 0) is 37.5 Å². The number of benzene rings is 1. The van der Waals surface area contributed by atoms with Gasteiger partial charge < -0.3 is 0 Å². The van der Waals surface area contributed by atoms with Gasteiger partial charge in [0.15, 0.2) is 0 Å². The summed E-state index contributed by atoms with van der Waals surface area (Å²) in [5, 5.41) is 0.531. The Morgan fingerprint density at radius 3 is 2.57 bits per heavy atom. The van der Waals surface area contributed by atoms with Gasteiger partial charge in [-0.25, -0.2) is 8.42 Å². The molecule has 0 bridgehead atoms. The van der Waals surface area contributed by atoms with Crippen molar-refractivity contribution in [3.8, 4) is 0 Å². The second-order valence-corrected chi connectivity index (χ2v) is 8.26. The zero-order chi connectivity index (χ0) is 15.6. The fraction of sp³-hybridized carbons (Fsp3) is 0.571. The summed E-state index contributed by atoms with van der Waals surface area (Å²) in [6, 6.07) is 2.92. The minimum absolute atomic E-state index is 0.0244. The zero-order valence-corrected chi connectivity index (χ0v) is 14.9. The first-order valence-electron chi connectivity index (χ1n) is 6.93. The number of alkyl halides is 1. The highest BCUT2D eigenvalue weighted by atomic mass is 35.5. The molecule has 0 aromatic heterocycles. The number of halogens is 3. The molecule has 3 nitrogen and oxygen atoms in total. The zero-order valence-electron chi connectivity index (χ0n) is 11.8. The first-order valence-corrected chi connectivity index (χ1v) is 9.66. The molecule has 21 heavy (non-hydrogen) atoms. The van der Waals surface area contributed by atoms with Crippen LogP contribution in [-0.4, -0.2) is 25.3 Å². The predicted molar refractivity (Wildman–Crippen MR) is 87.8 cm³/mol. The highest BCUT2D eigenvalue weighted by Gasteiger charge is 2.32. The van der Waals surface area contributed by atoms with E-state index in [1.807, 2.05) is 6.92 Å². The van der Waals surface area contributed by atoms with Crippen LogP contribution in [0.5, 0.6) is 0 Å². The van der Waals surface area contributed by atoms with Crippen LogP contribution in [0, 0.1) is 0 Å². The van der Waals surface area contributed by atoms with Crippen molar-refractivity contribution >= 4 is 44.8 Å². The van der Waals surface area contributed by atoms with Crippen molar-refractivity contribution in [2.45, 2.75) is 49.4 Å². The Labute approximate surface area is 141 Å². The molecule has 0 amide bonds. The third-order valence-electron chi connectivity index (χ3n) is 3.82. The summed E-state index contributed by atoms with van der Waals surface area (Å²) in [5.74, 6) is 0.147. The summed E-state index contributed by atoms with van der Waals surface area (Å²) in [5.41, 5.74) is 0.573. The molecule has 118 valence electrons. The van der Waals surface area contributed by atoms with Gasteiger partial charge >= 0.3 is 0 Å². The summed E-state index contributed by atoms with van der Waals surface area (Å²) in [6.45, 7) is 2.47. The van der Waals surface area contributed by atoms with E-state index in [0.29, 0.717) is 17.1 Å². The molecule has 0 N–H and O–H groups in total. The molecule has 1 atom stereocenters. The molecule has 0 radical (unpaired) electrons. The van der Waals surface area contributed by atoms with E-state index in [4.69, 9.17) is 34.8 Å².